The highest BCUT2D eigenvalue weighted by atomic mass is 15.1. The second-order valence-electron chi connectivity index (χ2n) is 5.05. The van der Waals surface area contributed by atoms with E-state index in [0.717, 1.165) is 42.2 Å². The lowest BCUT2D eigenvalue weighted by atomic mass is 10.1. The lowest BCUT2D eigenvalue weighted by Gasteiger charge is -2.05. The molecule has 1 aliphatic heterocycles. The van der Waals surface area contributed by atoms with E-state index < -0.39 is 0 Å². The average molecular weight is 245 g/mol. The van der Waals surface area contributed by atoms with Crippen LogP contribution in [0.1, 0.15) is 56.6 Å². The van der Waals surface area contributed by atoms with Crippen LogP contribution in [0.25, 0.3) is 11.3 Å². The number of hydrogen-bond acceptors (Lipinski definition) is 4. The fourth-order valence-electron chi connectivity index (χ4n) is 2.35. The quantitative estimate of drug-likeness (QED) is 0.870. The number of nitrogens with one attached hydrogen (secondary N) is 2. The molecule has 3 rings (SSSR count). The van der Waals surface area contributed by atoms with Gasteiger partial charge in [-0.2, -0.15) is 0 Å². The van der Waals surface area contributed by atoms with E-state index in [-0.39, 0.29) is 0 Å². The molecule has 0 bridgehead atoms. The maximum absolute atomic E-state index is 4.63. The van der Waals surface area contributed by atoms with Crippen LogP contribution in [0.4, 0.5) is 0 Å². The van der Waals surface area contributed by atoms with Crippen molar-refractivity contribution in [1.29, 1.82) is 0 Å². The van der Waals surface area contributed by atoms with Gasteiger partial charge in [-0.25, -0.2) is 15.0 Å². The Morgan fingerprint density at radius 3 is 3.06 bits per heavy atom. The fourth-order valence-corrected chi connectivity index (χ4v) is 2.35. The van der Waals surface area contributed by atoms with Gasteiger partial charge in [0.25, 0.3) is 0 Å². The summed E-state index contributed by atoms with van der Waals surface area (Å²) in [6.45, 7) is 5.41. The summed E-state index contributed by atoms with van der Waals surface area (Å²) < 4.78 is 0. The van der Waals surface area contributed by atoms with E-state index in [1.54, 1.807) is 0 Å². The molecule has 5 nitrogen and oxygen atoms in total. The average Bonchev–Trinajstić information content (AvgIpc) is 3.04. The molecule has 2 aromatic rings. The monoisotopic (exact) mass is 245 g/mol. The van der Waals surface area contributed by atoms with Gasteiger partial charge in [0.1, 0.15) is 5.82 Å². The topological polar surface area (TPSA) is 66.5 Å². The number of imidazole rings is 1. The van der Waals surface area contributed by atoms with E-state index in [4.69, 9.17) is 0 Å². The molecule has 5 heteroatoms. The van der Waals surface area contributed by atoms with E-state index in [1.165, 1.54) is 6.42 Å². The first-order chi connectivity index (χ1) is 8.78. The molecule has 0 aromatic carbocycles. The maximum Gasteiger partial charge on any atom is 0.197 e. The molecular weight excluding hydrogens is 226 g/mol. The number of aromatic nitrogens is 4. The van der Waals surface area contributed by atoms with Gasteiger partial charge in [-0.05, 0) is 31.7 Å². The van der Waals surface area contributed by atoms with Gasteiger partial charge in [-0.3, -0.25) is 0 Å². The molecule has 0 radical (unpaired) electrons. The summed E-state index contributed by atoms with van der Waals surface area (Å²) in [5.41, 5.74) is 2.59. The highest BCUT2D eigenvalue weighted by Crippen LogP contribution is 2.23. The van der Waals surface area contributed by atoms with Gasteiger partial charge in [0.2, 0.25) is 0 Å². The molecule has 18 heavy (non-hydrogen) atoms. The summed E-state index contributed by atoms with van der Waals surface area (Å²) in [7, 11) is 0. The second-order valence-corrected chi connectivity index (χ2v) is 5.05. The summed E-state index contributed by atoms with van der Waals surface area (Å²) >= 11 is 0. The van der Waals surface area contributed by atoms with Gasteiger partial charge in [0.05, 0.1) is 17.9 Å². The molecule has 2 unspecified atom stereocenters. The second kappa shape index (κ2) is 4.65. The molecule has 0 aliphatic carbocycles. The van der Waals surface area contributed by atoms with E-state index in [2.05, 4.69) is 39.1 Å². The lowest BCUT2D eigenvalue weighted by molar-refractivity contribution is 0.614. The van der Waals surface area contributed by atoms with Crippen LogP contribution in [-0.2, 0) is 0 Å². The number of hydrogen-bond donors (Lipinski definition) is 2. The Balaban J connectivity index is 1.96. The van der Waals surface area contributed by atoms with E-state index in [0.29, 0.717) is 12.0 Å². The van der Waals surface area contributed by atoms with Crippen molar-refractivity contribution in [2.24, 2.45) is 0 Å². The predicted octanol–water partition coefficient (Wildman–Crippen LogP) is 2.29. The molecule has 1 saturated heterocycles. The summed E-state index contributed by atoms with van der Waals surface area (Å²) in [6, 6.07) is 0.341. The van der Waals surface area contributed by atoms with Crippen LogP contribution >= 0.6 is 0 Å². The highest BCUT2D eigenvalue weighted by Gasteiger charge is 2.20. The van der Waals surface area contributed by atoms with Gasteiger partial charge in [-0.15, -0.1) is 0 Å². The van der Waals surface area contributed by atoms with Crippen molar-refractivity contribution in [2.45, 2.75) is 45.1 Å². The number of nitrogens with zero attached hydrogens (tertiary/aromatic N) is 3. The third kappa shape index (κ3) is 1.99. The first-order valence-electron chi connectivity index (χ1n) is 6.74. The first-order valence-corrected chi connectivity index (χ1v) is 6.74. The van der Waals surface area contributed by atoms with Crippen molar-refractivity contribution in [3.8, 4) is 0 Å². The Kier molecular flexibility index (Phi) is 2.99. The molecule has 96 valence electrons. The van der Waals surface area contributed by atoms with Gasteiger partial charge in [0.15, 0.2) is 11.3 Å². The largest absolute Gasteiger partial charge is 0.324 e. The van der Waals surface area contributed by atoms with Crippen LogP contribution in [0.2, 0.25) is 0 Å². The van der Waals surface area contributed by atoms with Crippen molar-refractivity contribution in [3.63, 3.8) is 0 Å². The SMILES string of the molecule is CCC(C)c1cnc2nc(C3CCCN3)[nH]c2n1. The predicted molar refractivity (Wildman–Crippen MR) is 70.4 cm³/mol. The summed E-state index contributed by atoms with van der Waals surface area (Å²) in [6.07, 6.45) is 5.27. The molecular formula is C13H19N5. The molecule has 0 amide bonds. The third-order valence-corrected chi connectivity index (χ3v) is 3.75. The van der Waals surface area contributed by atoms with Crippen LogP contribution in [-0.4, -0.2) is 26.5 Å². The Labute approximate surface area is 106 Å². The smallest absolute Gasteiger partial charge is 0.197 e. The number of aromatic amines is 1. The molecule has 1 fully saturated rings. The van der Waals surface area contributed by atoms with Crippen molar-refractivity contribution in [2.75, 3.05) is 6.54 Å². The van der Waals surface area contributed by atoms with Crippen molar-refractivity contribution in [1.82, 2.24) is 25.3 Å². The van der Waals surface area contributed by atoms with Crippen LogP contribution in [0, 0.1) is 0 Å². The van der Waals surface area contributed by atoms with Crippen molar-refractivity contribution < 1.29 is 0 Å². The zero-order chi connectivity index (χ0) is 12.5. The Morgan fingerprint density at radius 2 is 2.33 bits per heavy atom. The van der Waals surface area contributed by atoms with Crippen LogP contribution in [0.15, 0.2) is 6.20 Å². The number of rotatable bonds is 3. The Morgan fingerprint density at radius 1 is 1.44 bits per heavy atom. The molecule has 1 aliphatic rings. The van der Waals surface area contributed by atoms with Crippen molar-refractivity contribution in [3.05, 3.63) is 17.7 Å². The molecule has 2 aromatic heterocycles. The standard InChI is InChI=1S/C13H19N5/c1-3-8(2)10-7-15-12-13(16-10)18-11(17-12)9-5-4-6-14-9/h7-9,14H,3-6H2,1-2H3,(H,15,16,17,18). The Bertz CT molecular complexity index is 541. The zero-order valence-electron chi connectivity index (χ0n) is 10.9. The fraction of sp³-hybridized carbons (Fsp3) is 0.615. The molecule has 0 saturated carbocycles. The van der Waals surface area contributed by atoms with Crippen LogP contribution in [0.3, 0.4) is 0 Å². The normalized spacial score (nSPS) is 21.6. The minimum atomic E-state index is 0.341. The van der Waals surface area contributed by atoms with Gasteiger partial charge in [-0.1, -0.05) is 13.8 Å². The van der Waals surface area contributed by atoms with Crippen molar-refractivity contribution >= 4 is 11.3 Å². The molecule has 2 N–H and O–H groups in total. The minimum absolute atomic E-state index is 0.341. The van der Waals surface area contributed by atoms with Gasteiger partial charge in [0, 0.05) is 0 Å². The van der Waals surface area contributed by atoms with E-state index >= 15 is 0 Å². The van der Waals surface area contributed by atoms with Gasteiger partial charge >= 0.3 is 0 Å². The van der Waals surface area contributed by atoms with Gasteiger partial charge < -0.3 is 10.3 Å². The number of fused-ring (bicyclic) bond motifs is 1. The van der Waals surface area contributed by atoms with Crippen LogP contribution in [0.5, 0.6) is 0 Å². The Hall–Kier alpha value is -1.49. The van der Waals surface area contributed by atoms with E-state index in [1.807, 2.05) is 6.20 Å². The minimum Gasteiger partial charge on any atom is -0.324 e. The highest BCUT2D eigenvalue weighted by molar-refractivity contribution is 5.65. The van der Waals surface area contributed by atoms with Crippen LogP contribution < -0.4 is 5.32 Å². The summed E-state index contributed by atoms with van der Waals surface area (Å²) in [5, 5.41) is 3.43. The molecule has 3 heterocycles. The third-order valence-electron chi connectivity index (χ3n) is 3.75. The lowest BCUT2D eigenvalue weighted by Crippen LogP contribution is -2.14. The number of H-pyrrole nitrogens is 1. The first kappa shape index (κ1) is 11.6. The molecule has 0 spiro atoms. The summed E-state index contributed by atoms with van der Waals surface area (Å²) in [4.78, 5) is 16.9. The summed E-state index contributed by atoms with van der Waals surface area (Å²) in [5.74, 6) is 1.42. The van der Waals surface area contributed by atoms with E-state index in [9.17, 15) is 0 Å². The maximum atomic E-state index is 4.63. The molecule has 2 atom stereocenters. The zero-order valence-corrected chi connectivity index (χ0v) is 10.9.